The summed E-state index contributed by atoms with van der Waals surface area (Å²) in [5.74, 6) is 0.402. The lowest BCUT2D eigenvalue weighted by Gasteiger charge is -2.31. The van der Waals surface area contributed by atoms with Gasteiger partial charge < -0.3 is 9.64 Å². The van der Waals surface area contributed by atoms with E-state index in [1.165, 1.54) is 6.20 Å². The van der Waals surface area contributed by atoms with Crippen LogP contribution in [0.5, 0.6) is 0 Å². The molecular weight excluding hydrogens is 278 g/mol. The van der Waals surface area contributed by atoms with Gasteiger partial charge in [0.2, 0.25) is 0 Å². The van der Waals surface area contributed by atoms with Crippen molar-refractivity contribution in [1.82, 2.24) is 9.88 Å². The van der Waals surface area contributed by atoms with E-state index in [4.69, 9.17) is 21.6 Å². The standard InChI is InChI=1S/C14H16ClN3O2/c15-5-8-20-12-3-6-18(7-4-12)14(19)13-2-1-11(9-16)10-17-13/h1-2,10,12H,3-8H2. The number of alkyl halides is 1. The van der Waals surface area contributed by atoms with Crippen LogP contribution in [0.1, 0.15) is 28.9 Å². The number of nitriles is 1. The zero-order valence-electron chi connectivity index (χ0n) is 11.1. The third-order valence-corrected chi connectivity index (χ3v) is 3.43. The lowest BCUT2D eigenvalue weighted by Crippen LogP contribution is -2.41. The van der Waals surface area contributed by atoms with Gasteiger partial charge in [-0.15, -0.1) is 11.6 Å². The molecule has 0 saturated carbocycles. The molecule has 1 fully saturated rings. The van der Waals surface area contributed by atoms with E-state index in [0.29, 0.717) is 36.8 Å². The SMILES string of the molecule is N#Cc1ccc(C(=O)N2CCC(OCCCl)CC2)nc1. The van der Waals surface area contributed by atoms with E-state index in [-0.39, 0.29) is 12.0 Å². The van der Waals surface area contributed by atoms with Crippen LogP contribution in [0.15, 0.2) is 18.3 Å². The molecule has 6 heteroatoms. The number of hydrogen-bond acceptors (Lipinski definition) is 4. The van der Waals surface area contributed by atoms with Crippen LogP contribution in [0, 0.1) is 11.3 Å². The summed E-state index contributed by atoms with van der Waals surface area (Å²) < 4.78 is 5.57. The van der Waals surface area contributed by atoms with Crippen LogP contribution in [-0.2, 0) is 4.74 Å². The number of pyridine rings is 1. The minimum absolute atomic E-state index is 0.0923. The summed E-state index contributed by atoms with van der Waals surface area (Å²) in [6, 6.07) is 5.19. The normalized spacial score (nSPS) is 15.9. The highest BCUT2D eigenvalue weighted by atomic mass is 35.5. The van der Waals surface area contributed by atoms with E-state index < -0.39 is 0 Å². The predicted octanol–water partition coefficient (Wildman–Crippen LogP) is 1.81. The van der Waals surface area contributed by atoms with Crippen molar-refractivity contribution in [2.75, 3.05) is 25.6 Å². The third kappa shape index (κ3) is 3.69. The molecule has 0 atom stereocenters. The van der Waals surface area contributed by atoms with Crippen molar-refractivity contribution < 1.29 is 9.53 Å². The average Bonchev–Trinajstić information content (AvgIpc) is 2.53. The Bertz CT molecular complexity index is 490. The van der Waals surface area contributed by atoms with Gasteiger partial charge in [0.25, 0.3) is 5.91 Å². The Morgan fingerprint density at radius 3 is 2.80 bits per heavy atom. The summed E-state index contributed by atoms with van der Waals surface area (Å²) in [4.78, 5) is 18.0. The minimum Gasteiger partial charge on any atom is -0.377 e. The summed E-state index contributed by atoms with van der Waals surface area (Å²) in [5, 5.41) is 8.71. The highest BCUT2D eigenvalue weighted by Crippen LogP contribution is 2.16. The first-order valence-corrected chi connectivity index (χ1v) is 7.11. The number of hydrogen-bond donors (Lipinski definition) is 0. The van der Waals surface area contributed by atoms with Crippen LogP contribution in [-0.4, -0.2) is 47.5 Å². The average molecular weight is 294 g/mol. The molecule has 1 aromatic heterocycles. The van der Waals surface area contributed by atoms with Crippen molar-refractivity contribution in [3.8, 4) is 6.07 Å². The third-order valence-electron chi connectivity index (χ3n) is 3.27. The molecule has 1 saturated heterocycles. The predicted molar refractivity (Wildman–Crippen MR) is 74.5 cm³/mol. The summed E-state index contributed by atoms with van der Waals surface area (Å²) in [6.07, 6.45) is 3.24. The lowest BCUT2D eigenvalue weighted by atomic mass is 10.1. The Balaban J connectivity index is 1.89. The molecule has 0 N–H and O–H groups in total. The molecule has 1 aliphatic heterocycles. The summed E-state index contributed by atoms with van der Waals surface area (Å²) in [6.45, 7) is 1.87. The van der Waals surface area contributed by atoms with Gasteiger partial charge >= 0.3 is 0 Å². The maximum absolute atomic E-state index is 12.2. The van der Waals surface area contributed by atoms with E-state index in [0.717, 1.165) is 12.8 Å². The number of likely N-dealkylation sites (tertiary alicyclic amines) is 1. The Morgan fingerprint density at radius 2 is 2.25 bits per heavy atom. The number of carbonyl (C=O) groups excluding carboxylic acids is 1. The Kier molecular flexibility index (Phi) is 5.33. The van der Waals surface area contributed by atoms with Crippen LogP contribution in [0.3, 0.4) is 0 Å². The Morgan fingerprint density at radius 1 is 1.50 bits per heavy atom. The van der Waals surface area contributed by atoms with Crippen molar-refractivity contribution >= 4 is 17.5 Å². The highest BCUT2D eigenvalue weighted by Gasteiger charge is 2.24. The maximum Gasteiger partial charge on any atom is 0.272 e. The van der Waals surface area contributed by atoms with Crippen molar-refractivity contribution in [3.05, 3.63) is 29.6 Å². The number of amides is 1. The molecule has 1 aromatic rings. The van der Waals surface area contributed by atoms with Gasteiger partial charge in [0.15, 0.2) is 0 Å². The largest absolute Gasteiger partial charge is 0.377 e. The lowest BCUT2D eigenvalue weighted by molar-refractivity contribution is 0.0152. The molecule has 0 aliphatic carbocycles. The zero-order chi connectivity index (χ0) is 14.4. The molecule has 0 radical (unpaired) electrons. The van der Waals surface area contributed by atoms with Crippen molar-refractivity contribution in [3.63, 3.8) is 0 Å². The molecule has 5 nitrogen and oxygen atoms in total. The number of aromatic nitrogens is 1. The van der Waals surface area contributed by atoms with E-state index in [1.807, 2.05) is 6.07 Å². The maximum atomic E-state index is 12.2. The topological polar surface area (TPSA) is 66.2 Å². The first-order chi connectivity index (χ1) is 9.74. The summed E-state index contributed by atoms with van der Waals surface area (Å²) in [5.41, 5.74) is 0.832. The number of ether oxygens (including phenoxy) is 1. The van der Waals surface area contributed by atoms with Crippen LogP contribution in [0.2, 0.25) is 0 Å². The van der Waals surface area contributed by atoms with Crippen molar-refractivity contribution in [2.45, 2.75) is 18.9 Å². The highest BCUT2D eigenvalue weighted by molar-refractivity contribution is 6.17. The number of carbonyl (C=O) groups is 1. The van der Waals surface area contributed by atoms with Gasteiger partial charge in [-0.2, -0.15) is 5.26 Å². The number of halogens is 1. The van der Waals surface area contributed by atoms with Gasteiger partial charge in [-0.05, 0) is 25.0 Å². The zero-order valence-corrected chi connectivity index (χ0v) is 11.8. The Hall–Kier alpha value is -1.64. The number of nitrogens with zero attached hydrogens (tertiary/aromatic N) is 3. The van der Waals surface area contributed by atoms with Crippen LogP contribution >= 0.6 is 11.6 Å². The molecule has 2 heterocycles. The molecule has 1 aliphatic rings. The van der Waals surface area contributed by atoms with Crippen molar-refractivity contribution in [2.24, 2.45) is 0 Å². The number of piperidine rings is 1. The monoisotopic (exact) mass is 293 g/mol. The minimum atomic E-state index is -0.0923. The molecular formula is C14H16ClN3O2. The van der Waals surface area contributed by atoms with E-state index in [9.17, 15) is 4.79 Å². The smallest absolute Gasteiger partial charge is 0.272 e. The summed E-state index contributed by atoms with van der Waals surface area (Å²) in [7, 11) is 0. The van der Waals surface area contributed by atoms with Gasteiger partial charge in [0.1, 0.15) is 11.8 Å². The Labute approximate surface area is 123 Å². The quantitative estimate of drug-likeness (QED) is 0.794. The van der Waals surface area contributed by atoms with Gasteiger partial charge in [0, 0.05) is 25.2 Å². The van der Waals surface area contributed by atoms with Crippen LogP contribution in [0.4, 0.5) is 0 Å². The fraction of sp³-hybridized carbons (Fsp3) is 0.500. The van der Waals surface area contributed by atoms with Crippen molar-refractivity contribution in [1.29, 1.82) is 5.26 Å². The molecule has 0 unspecified atom stereocenters. The van der Waals surface area contributed by atoms with E-state index in [1.54, 1.807) is 17.0 Å². The van der Waals surface area contributed by atoms with E-state index in [2.05, 4.69) is 4.98 Å². The van der Waals surface area contributed by atoms with Gasteiger partial charge in [0.05, 0.1) is 18.3 Å². The molecule has 1 amide bonds. The fourth-order valence-electron chi connectivity index (χ4n) is 2.19. The second-order valence-electron chi connectivity index (χ2n) is 4.60. The van der Waals surface area contributed by atoms with Gasteiger partial charge in [-0.3, -0.25) is 4.79 Å². The first-order valence-electron chi connectivity index (χ1n) is 6.57. The van der Waals surface area contributed by atoms with Crippen LogP contribution in [0.25, 0.3) is 0 Å². The first kappa shape index (κ1) is 14.8. The molecule has 0 bridgehead atoms. The molecule has 106 valence electrons. The van der Waals surface area contributed by atoms with Crippen LogP contribution < -0.4 is 0 Å². The molecule has 0 aromatic carbocycles. The summed E-state index contributed by atoms with van der Waals surface area (Å²) >= 11 is 5.58. The second-order valence-corrected chi connectivity index (χ2v) is 4.97. The molecule has 20 heavy (non-hydrogen) atoms. The second kappa shape index (κ2) is 7.22. The fourth-order valence-corrected chi connectivity index (χ4v) is 2.27. The van der Waals surface area contributed by atoms with Gasteiger partial charge in [-0.1, -0.05) is 0 Å². The van der Waals surface area contributed by atoms with E-state index >= 15 is 0 Å². The molecule has 0 spiro atoms. The number of rotatable bonds is 4. The van der Waals surface area contributed by atoms with Gasteiger partial charge in [-0.25, -0.2) is 4.98 Å². The molecule has 2 rings (SSSR count).